The van der Waals surface area contributed by atoms with Crippen LogP contribution in [0.5, 0.6) is 0 Å². The molecule has 6 nitrogen and oxygen atoms in total. The van der Waals surface area contributed by atoms with Crippen LogP contribution in [0, 0.1) is 0 Å². The Morgan fingerprint density at radius 2 is 1.90 bits per heavy atom. The summed E-state index contributed by atoms with van der Waals surface area (Å²) in [6.45, 7) is 0.428. The average molecular weight is 424 g/mol. The van der Waals surface area contributed by atoms with Crippen LogP contribution in [-0.2, 0) is 9.53 Å². The Kier molecular flexibility index (Phi) is 4.69. The highest BCUT2D eigenvalue weighted by molar-refractivity contribution is 8.00. The molecule has 3 heterocycles. The molecule has 1 unspecified atom stereocenters. The monoisotopic (exact) mass is 423 g/mol. The van der Waals surface area contributed by atoms with Crippen molar-refractivity contribution in [1.82, 2.24) is 15.2 Å². The van der Waals surface area contributed by atoms with Gasteiger partial charge in [-0.15, -0.1) is 10.2 Å². The molecule has 1 atom stereocenters. The second-order valence-electron chi connectivity index (χ2n) is 6.51. The molecule has 1 aliphatic rings. The molecule has 0 amide bonds. The fourth-order valence-corrected chi connectivity index (χ4v) is 4.16. The zero-order chi connectivity index (χ0) is 19.8. The number of pyridine rings is 1. The summed E-state index contributed by atoms with van der Waals surface area (Å²) in [5.41, 5.74) is 3.32. The Balaban J connectivity index is 1.57. The largest absolute Gasteiger partial charge is 0.465 e. The van der Waals surface area contributed by atoms with Crippen molar-refractivity contribution in [3.63, 3.8) is 0 Å². The molecule has 1 fully saturated rings. The summed E-state index contributed by atoms with van der Waals surface area (Å²) in [6.07, 6.45) is 0.639. The first-order valence-electron chi connectivity index (χ1n) is 9.00. The van der Waals surface area contributed by atoms with E-state index in [1.54, 1.807) is 0 Å². The van der Waals surface area contributed by atoms with Gasteiger partial charge in [0.1, 0.15) is 5.25 Å². The van der Waals surface area contributed by atoms with Crippen molar-refractivity contribution in [3.05, 3.63) is 59.6 Å². The number of carbonyl (C=O) groups excluding carboxylic acids is 1. The third kappa shape index (κ3) is 3.59. The molecule has 2 aromatic heterocycles. The minimum atomic E-state index is -0.304. The lowest BCUT2D eigenvalue weighted by Crippen LogP contribution is -2.09. The van der Waals surface area contributed by atoms with E-state index >= 15 is 0 Å². The summed E-state index contributed by atoms with van der Waals surface area (Å²) < 4.78 is 10.9. The Morgan fingerprint density at radius 3 is 2.69 bits per heavy atom. The number of para-hydroxylation sites is 1. The van der Waals surface area contributed by atoms with Crippen molar-refractivity contribution in [2.75, 3.05) is 6.61 Å². The smallest absolute Gasteiger partial charge is 0.319 e. The standard InChI is InChI=1S/C21H14ClN3O3S/c22-13-7-5-12(6-8-13)17-11-15(14-3-1-2-4-16(14)23-17)19-24-25-21(28-19)29-18-9-10-27-20(18)26/h1-8,11,18H,9-10H2. The van der Waals surface area contributed by atoms with Crippen LogP contribution in [0.3, 0.4) is 0 Å². The number of fused-ring (bicyclic) bond motifs is 1. The normalized spacial score (nSPS) is 16.3. The number of nitrogens with zero attached hydrogens (tertiary/aromatic N) is 3. The molecular formula is C21H14ClN3O3S. The van der Waals surface area contributed by atoms with Crippen LogP contribution >= 0.6 is 23.4 Å². The summed E-state index contributed by atoms with van der Waals surface area (Å²) in [7, 11) is 0. The summed E-state index contributed by atoms with van der Waals surface area (Å²) in [5.74, 6) is 0.141. The maximum atomic E-state index is 11.7. The van der Waals surface area contributed by atoms with E-state index < -0.39 is 0 Å². The third-order valence-corrected chi connectivity index (χ3v) is 5.95. The van der Waals surface area contributed by atoms with E-state index in [0.29, 0.717) is 29.2 Å². The van der Waals surface area contributed by atoms with Gasteiger partial charge in [0.25, 0.3) is 5.22 Å². The Hall–Kier alpha value is -2.90. The molecule has 1 aliphatic heterocycles. The molecule has 29 heavy (non-hydrogen) atoms. The average Bonchev–Trinajstić information content (AvgIpc) is 3.37. The van der Waals surface area contributed by atoms with Crippen LogP contribution in [0.2, 0.25) is 5.02 Å². The van der Waals surface area contributed by atoms with Crippen LogP contribution < -0.4 is 0 Å². The number of cyclic esters (lactones) is 1. The van der Waals surface area contributed by atoms with Crippen LogP contribution in [0.25, 0.3) is 33.6 Å². The number of halogens is 1. The van der Waals surface area contributed by atoms with Gasteiger partial charge < -0.3 is 9.15 Å². The quantitative estimate of drug-likeness (QED) is 0.427. The molecule has 0 bridgehead atoms. The van der Waals surface area contributed by atoms with Crippen LogP contribution in [0.4, 0.5) is 0 Å². The number of esters is 1. The van der Waals surface area contributed by atoms with Gasteiger partial charge in [-0.1, -0.05) is 41.9 Å². The van der Waals surface area contributed by atoms with Crippen molar-refractivity contribution in [2.24, 2.45) is 0 Å². The number of rotatable bonds is 4. The number of hydrogen-bond donors (Lipinski definition) is 0. The number of thioether (sulfide) groups is 1. The Labute approximate surface area is 175 Å². The first kappa shape index (κ1) is 18.1. The minimum Gasteiger partial charge on any atom is -0.465 e. The second kappa shape index (κ2) is 7.50. The maximum Gasteiger partial charge on any atom is 0.319 e. The minimum absolute atomic E-state index is 0.242. The number of ether oxygens (including phenoxy) is 1. The zero-order valence-corrected chi connectivity index (χ0v) is 16.6. The van der Waals surface area contributed by atoms with Gasteiger partial charge >= 0.3 is 5.97 Å². The number of hydrogen-bond acceptors (Lipinski definition) is 7. The molecule has 8 heteroatoms. The van der Waals surface area contributed by atoms with Gasteiger partial charge in [-0.2, -0.15) is 0 Å². The summed E-state index contributed by atoms with van der Waals surface area (Å²) in [6, 6.07) is 17.2. The SMILES string of the molecule is O=C1OCCC1Sc1nnc(-c2cc(-c3ccc(Cl)cc3)nc3ccccc23)o1. The first-order valence-corrected chi connectivity index (χ1v) is 10.3. The van der Waals surface area contributed by atoms with Gasteiger partial charge in [0, 0.05) is 22.4 Å². The van der Waals surface area contributed by atoms with Gasteiger partial charge in [-0.25, -0.2) is 4.98 Å². The molecule has 144 valence electrons. The van der Waals surface area contributed by atoms with E-state index in [2.05, 4.69) is 10.2 Å². The predicted molar refractivity (Wildman–Crippen MR) is 111 cm³/mol. The highest BCUT2D eigenvalue weighted by atomic mass is 35.5. The second-order valence-corrected chi connectivity index (χ2v) is 8.11. The Morgan fingerprint density at radius 1 is 1.07 bits per heavy atom. The van der Waals surface area contributed by atoms with Crippen molar-refractivity contribution in [2.45, 2.75) is 16.9 Å². The number of benzene rings is 2. The molecule has 0 N–H and O–H groups in total. The van der Waals surface area contributed by atoms with Crippen molar-refractivity contribution in [3.8, 4) is 22.7 Å². The predicted octanol–water partition coefficient (Wildman–Crippen LogP) is 5.01. The maximum absolute atomic E-state index is 11.7. The van der Waals surface area contributed by atoms with Crippen molar-refractivity contribution in [1.29, 1.82) is 0 Å². The topological polar surface area (TPSA) is 78.1 Å². The lowest BCUT2D eigenvalue weighted by Gasteiger charge is -2.07. The Bertz CT molecular complexity index is 1210. The van der Waals surface area contributed by atoms with Crippen molar-refractivity contribution >= 4 is 40.2 Å². The van der Waals surface area contributed by atoms with Gasteiger partial charge in [0.15, 0.2) is 0 Å². The molecular weight excluding hydrogens is 410 g/mol. The molecule has 2 aromatic carbocycles. The molecule has 0 radical (unpaired) electrons. The molecule has 5 rings (SSSR count). The molecule has 4 aromatic rings. The van der Waals surface area contributed by atoms with Gasteiger partial charge in [-0.05, 0) is 36.0 Å². The lowest BCUT2D eigenvalue weighted by molar-refractivity contribution is -0.137. The molecule has 0 saturated carbocycles. The first-order chi connectivity index (χ1) is 14.2. The van der Waals surface area contributed by atoms with E-state index in [9.17, 15) is 4.79 Å². The lowest BCUT2D eigenvalue weighted by atomic mass is 10.0. The van der Waals surface area contributed by atoms with Crippen LogP contribution in [-0.4, -0.2) is 33.0 Å². The van der Waals surface area contributed by atoms with Gasteiger partial charge in [0.05, 0.1) is 23.4 Å². The van der Waals surface area contributed by atoms with Gasteiger partial charge in [0.2, 0.25) is 5.89 Å². The zero-order valence-electron chi connectivity index (χ0n) is 15.0. The molecule has 1 saturated heterocycles. The fraction of sp³-hybridized carbons (Fsp3) is 0.143. The van der Waals surface area contributed by atoms with Crippen LogP contribution in [0.1, 0.15) is 6.42 Å². The van der Waals surface area contributed by atoms with E-state index in [1.807, 2.05) is 54.6 Å². The molecule has 0 spiro atoms. The highest BCUT2D eigenvalue weighted by Crippen LogP contribution is 2.34. The van der Waals surface area contributed by atoms with E-state index in [-0.39, 0.29) is 11.2 Å². The number of carbonyl (C=O) groups is 1. The van der Waals surface area contributed by atoms with Crippen LogP contribution in [0.15, 0.2) is 64.2 Å². The van der Waals surface area contributed by atoms with E-state index in [1.165, 1.54) is 11.8 Å². The summed E-state index contributed by atoms with van der Waals surface area (Å²) in [5, 5.41) is 9.94. The summed E-state index contributed by atoms with van der Waals surface area (Å²) >= 11 is 7.25. The van der Waals surface area contributed by atoms with E-state index in [4.69, 9.17) is 25.7 Å². The van der Waals surface area contributed by atoms with Crippen molar-refractivity contribution < 1.29 is 13.9 Å². The fourth-order valence-electron chi connectivity index (χ4n) is 3.19. The molecule has 0 aliphatic carbocycles. The highest BCUT2D eigenvalue weighted by Gasteiger charge is 2.29. The number of aromatic nitrogens is 3. The van der Waals surface area contributed by atoms with E-state index in [0.717, 1.165) is 27.7 Å². The summed E-state index contributed by atoms with van der Waals surface area (Å²) in [4.78, 5) is 16.5. The third-order valence-electron chi connectivity index (χ3n) is 4.62. The van der Waals surface area contributed by atoms with Gasteiger partial charge in [-0.3, -0.25) is 4.79 Å².